The number of carbonyl (C=O) groups excluding carboxylic acids is 1. The van der Waals surface area contributed by atoms with Crippen LogP contribution >= 0.6 is 11.8 Å². The fraction of sp³-hybridized carbons (Fsp3) is 0.138. The van der Waals surface area contributed by atoms with Crippen LogP contribution in [0.5, 0.6) is 0 Å². The summed E-state index contributed by atoms with van der Waals surface area (Å²) in [6.07, 6.45) is 6.52. The number of fused-ring (bicyclic) bond motifs is 1. The van der Waals surface area contributed by atoms with Crippen LogP contribution in [0, 0.1) is 17.7 Å². The molecule has 0 radical (unpaired) electrons. The second-order valence-electron chi connectivity index (χ2n) is 8.59. The lowest BCUT2D eigenvalue weighted by Crippen LogP contribution is -2.23. The molecule has 2 N–H and O–H groups in total. The van der Waals surface area contributed by atoms with Crippen molar-refractivity contribution >= 4 is 23.3 Å². The summed E-state index contributed by atoms with van der Waals surface area (Å²) in [6.45, 7) is 2.01. The molecule has 0 saturated heterocycles. The number of pyridine rings is 1. The lowest BCUT2D eigenvalue weighted by molar-refractivity contribution is 0.0950. The fourth-order valence-corrected chi connectivity index (χ4v) is 4.62. The van der Waals surface area contributed by atoms with E-state index in [4.69, 9.17) is 0 Å². The van der Waals surface area contributed by atoms with Crippen LogP contribution in [0.2, 0.25) is 0 Å². The molecule has 3 heterocycles. The van der Waals surface area contributed by atoms with E-state index in [1.54, 1.807) is 43.6 Å². The van der Waals surface area contributed by atoms with Crippen molar-refractivity contribution in [3.8, 4) is 11.8 Å². The molecule has 5 aromatic rings. The first-order valence-electron chi connectivity index (χ1n) is 11.9. The minimum absolute atomic E-state index is 0.217. The van der Waals surface area contributed by atoms with Gasteiger partial charge in [0, 0.05) is 58.7 Å². The fourth-order valence-electron chi connectivity index (χ4n) is 3.73. The molecule has 1 atom stereocenters. The molecule has 0 saturated carbocycles. The van der Waals surface area contributed by atoms with Crippen molar-refractivity contribution in [2.45, 2.75) is 30.3 Å². The van der Waals surface area contributed by atoms with Gasteiger partial charge >= 0.3 is 0 Å². The Balaban J connectivity index is 1.35. The maximum absolute atomic E-state index is 13.3. The largest absolute Gasteiger partial charge is 0.372 e. The molecule has 1 unspecified atom stereocenters. The summed E-state index contributed by atoms with van der Waals surface area (Å²) in [6, 6.07) is 17.1. The Morgan fingerprint density at radius 2 is 1.92 bits per heavy atom. The summed E-state index contributed by atoms with van der Waals surface area (Å²) in [7, 11) is 0. The Morgan fingerprint density at radius 1 is 1.08 bits per heavy atom. The number of thioether (sulfide) groups is 1. The molecular formula is C29H24FN5O2S. The minimum atomic E-state index is -0.703. The average Bonchev–Trinajstić information content (AvgIpc) is 3.60. The number of aliphatic hydroxyl groups is 1. The standard InChI is InChI=1S/C29H24FN5O2S/c1-20(36)35-14-11-26(33-35)19-38-27-9-6-24(17-23(27)5-2-21-3-7-25(30)8-4-21)29(37)32-18-22-10-13-34-15-12-31-28(34)16-22/h3-4,6-17,20,36H,18-19H2,1H3,(H,32,37). The molecule has 2 aromatic carbocycles. The maximum Gasteiger partial charge on any atom is 0.251 e. The Labute approximate surface area is 223 Å². The minimum Gasteiger partial charge on any atom is -0.372 e. The highest BCUT2D eigenvalue weighted by molar-refractivity contribution is 7.98. The number of benzene rings is 2. The number of carbonyl (C=O) groups is 1. The van der Waals surface area contributed by atoms with Crippen LogP contribution in [0.15, 0.2) is 90.3 Å². The first kappa shape index (κ1) is 25.3. The number of nitrogens with one attached hydrogen (secondary N) is 1. The predicted molar refractivity (Wildman–Crippen MR) is 144 cm³/mol. The van der Waals surface area contributed by atoms with E-state index in [2.05, 4.69) is 27.2 Å². The number of hydrogen-bond donors (Lipinski definition) is 2. The molecule has 0 bridgehead atoms. The van der Waals surface area contributed by atoms with Crippen molar-refractivity contribution in [2.75, 3.05) is 0 Å². The van der Waals surface area contributed by atoms with Gasteiger partial charge in [0.05, 0.1) is 5.69 Å². The summed E-state index contributed by atoms with van der Waals surface area (Å²) >= 11 is 1.53. The highest BCUT2D eigenvalue weighted by Crippen LogP contribution is 2.27. The molecule has 38 heavy (non-hydrogen) atoms. The van der Waals surface area contributed by atoms with E-state index in [-0.39, 0.29) is 11.7 Å². The topological polar surface area (TPSA) is 84.5 Å². The third-order valence-electron chi connectivity index (χ3n) is 5.76. The SMILES string of the molecule is CC(O)n1ccc(CSc2ccc(C(=O)NCc3ccn4ccnc4c3)cc2C#Cc2ccc(F)cc2)n1. The Hall–Kier alpha value is -4.39. The molecule has 0 fully saturated rings. The smallest absolute Gasteiger partial charge is 0.251 e. The van der Waals surface area contributed by atoms with E-state index >= 15 is 0 Å². The van der Waals surface area contributed by atoms with Crippen molar-refractivity contribution in [1.82, 2.24) is 24.5 Å². The van der Waals surface area contributed by atoms with Crippen molar-refractivity contribution < 1.29 is 14.3 Å². The van der Waals surface area contributed by atoms with E-state index < -0.39 is 6.23 Å². The highest BCUT2D eigenvalue weighted by atomic mass is 32.2. The molecule has 0 aliphatic carbocycles. The summed E-state index contributed by atoms with van der Waals surface area (Å²) in [4.78, 5) is 18.1. The second kappa shape index (κ2) is 11.3. The predicted octanol–water partition coefficient (Wildman–Crippen LogP) is 4.80. The van der Waals surface area contributed by atoms with Crippen LogP contribution in [0.3, 0.4) is 0 Å². The number of nitrogens with zero attached hydrogens (tertiary/aromatic N) is 4. The third-order valence-corrected chi connectivity index (χ3v) is 6.87. The summed E-state index contributed by atoms with van der Waals surface area (Å²) in [5.74, 6) is 6.23. The van der Waals surface area contributed by atoms with Gasteiger partial charge in [-0.3, -0.25) is 4.79 Å². The molecule has 0 aliphatic rings. The van der Waals surface area contributed by atoms with Crippen LogP contribution in [-0.4, -0.2) is 30.2 Å². The molecule has 0 aliphatic heterocycles. The normalized spacial score (nSPS) is 11.7. The Morgan fingerprint density at radius 3 is 2.71 bits per heavy atom. The number of rotatable bonds is 7. The lowest BCUT2D eigenvalue weighted by Gasteiger charge is -2.09. The Kier molecular flexibility index (Phi) is 7.54. The molecule has 9 heteroatoms. The van der Waals surface area contributed by atoms with Gasteiger partial charge in [-0.15, -0.1) is 11.8 Å². The number of halogens is 1. The first-order valence-corrected chi connectivity index (χ1v) is 12.9. The maximum atomic E-state index is 13.3. The first-order chi connectivity index (χ1) is 18.4. The quantitative estimate of drug-likeness (QED) is 0.236. The molecule has 3 aromatic heterocycles. The van der Waals surface area contributed by atoms with E-state index in [0.717, 1.165) is 21.8 Å². The second-order valence-corrected chi connectivity index (χ2v) is 9.60. The van der Waals surface area contributed by atoms with Crippen LogP contribution < -0.4 is 5.32 Å². The molecule has 0 spiro atoms. The van der Waals surface area contributed by atoms with E-state index in [1.807, 2.05) is 41.1 Å². The van der Waals surface area contributed by atoms with Gasteiger partial charge in [-0.25, -0.2) is 14.1 Å². The number of amides is 1. The summed E-state index contributed by atoms with van der Waals surface area (Å²) < 4.78 is 16.7. The monoisotopic (exact) mass is 525 g/mol. The van der Waals surface area contributed by atoms with Gasteiger partial charge in [-0.1, -0.05) is 11.8 Å². The van der Waals surface area contributed by atoms with Gasteiger partial charge in [-0.05, 0) is 73.2 Å². The molecular weight excluding hydrogens is 501 g/mol. The number of aromatic nitrogens is 4. The van der Waals surface area contributed by atoms with E-state index in [9.17, 15) is 14.3 Å². The van der Waals surface area contributed by atoms with E-state index in [0.29, 0.717) is 29.0 Å². The van der Waals surface area contributed by atoms with Crippen molar-refractivity contribution in [2.24, 2.45) is 0 Å². The van der Waals surface area contributed by atoms with Gasteiger partial charge in [0.2, 0.25) is 0 Å². The van der Waals surface area contributed by atoms with Gasteiger partial charge in [0.1, 0.15) is 17.7 Å². The zero-order valence-corrected chi connectivity index (χ0v) is 21.3. The summed E-state index contributed by atoms with van der Waals surface area (Å²) in [5, 5.41) is 17.0. The zero-order chi connectivity index (χ0) is 26.5. The summed E-state index contributed by atoms with van der Waals surface area (Å²) in [5.41, 5.74) is 4.40. The van der Waals surface area contributed by atoms with Gasteiger partial charge in [-0.2, -0.15) is 5.10 Å². The average molecular weight is 526 g/mol. The zero-order valence-electron chi connectivity index (χ0n) is 20.5. The highest BCUT2D eigenvalue weighted by Gasteiger charge is 2.11. The number of hydrogen-bond acceptors (Lipinski definition) is 5. The van der Waals surface area contributed by atoms with Crippen LogP contribution in [-0.2, 0) is 12.3 Å². The molecule has 5 rings (SSSR count). The molecule has 7 nitrogen and oxygen atoms in total. The van der Waals surface area contributed by atoms with Crippen LogP contribution in [0.1, 0.15) is 45.9 Å². The van der Waals surface area contributed by atoms with Crippen molar-refractivity contribution in [3.05, 3.63) is 119 Å². The lowest BCUT2D eigenvalue weighted by atomic mass is 10.1. The van der Waals surface area contributed by atoms with E-state index in [1.165, 1.54) is 28.6 Å². The van der Waals surface area contributed by atoms with Gasteiger partial charge in [0.25, 0.3) is 5.91 Å². The van der Waals surface area contributed by atoms with Crippen molar-refractivity contribution in [1.29, 1.82) is 0 Å². The Bertz CT molecular complexity index is 1650. The molecule has 190 valence electrons. The number of aliphatic hydroxyl groups excluding tert-OH is 1. The van der Waals surface area contributed by atoms with Gasteiger partial charge in [0.15, 0.2) is 0 Å². The molecule has 1 amide bonds. The van der Waals surface area contributed by atoms with Crippen LogP contribution in [0.25, 0.3) is 5.65 Å². The third kappa shape index (κ3) is 6.11. The van der Waals surface area contributed by atoms with Crippen LogP contribution in [0.4, 0.5) is 4.39 Å². The van der Waals surface area contributed by atoms with Crippen molar-refractivity contribution in [3.63, 3.8) is 0 Å². The van der Waals surface area contributed by atoms with Gasteiger partial charge < -0.3 is 14.8 Å². The number of imidazole rings is 1.